The molecule has 1 amide bonds. The molecule has 0 atom stereocenters. The molecule has 2 aromatic carbocycles. The quantitative estimate of drug-likeness (QED) is 0.782. The summed E-state index contributed by atoms with van der Waals surface area (Å²) < 4.78 is 0. The maximum atomic E-state index is 12.9. The summed E-state index contributed by atoms with van der Waals surface area (Å²) in [6.07, 6.45) is 7.23. The molecule has 2 aliphatic heterocycles. The summed E-state index contributed by atoms with van der Waals surface area (Å²) in [6.45, 7) is 4.04. The van der Waals surface area contributed by atoms with E-state index in [-0.39, 0.29) is 5.91 Å². The lowest BCUT2D eigenvalue weighted by Crippen LogP contribution is -2.39. The van der Waals surface area contributed by atoms with Crippen LogP contribution in [0.4, 0.5) is 5.69 Å². The number of carbonyl (C=O) groups is 1. The predicted molar refractivity (Wildman–Crippen MR) is 111 cm³/mol. The van der Waals surface area contributed by atoms with Gasteiger partial charge in [-0.05, 0) is 74.3 Å². The fourth-order valence-corrected chi connectivity index (χ4v) is 4.44. The van der Waals surface area contributed by atoms with Crippen LogP contribution in [-0.4, -0.2) is 37.0 Å². The summed E-state index contributed by atoms with van der Waals surface area (Å²) in [6, 6.07) is 19.0. The van der Waals surface area contributed by atoms with Gasteiger partial charge in [0.05, 0.1) is 0 Å². The Hall–Kier alpha value is -2.29. The minimum Gasteiger partial charge on any atom is -0.372 e. The lowest BCUT2D eigenvalue weighted by Gasteiger charge is -2.32. The molecule has 2 saturated heterocycles. The standard InChI is InChI=1S/C24H30N2O/c27-24(22-9-11-23(12-10-22)25-15-5-2-6-16-25)26-17-13-21(14-18-26)19-20-7-3-1-4-8-20/h1,3-4,7-12,21H,2,5-6,13-19H2. The molecule has 0 aliphatic carbocycles. The molecule has 3 heteroatoms. The zero-order valence-corrected chi connectivity index (χ0v) is 16.1. The van der Waals surface area contributed by atoms with Gasteiger partial charge in [0.1, 0.15) is 0 Å². The Kier molecular flexibility index (Phi) is 5.76. The number of hydrogen-bond donors (Lipinski definition) is 0. The van der Waals surface area contributed by atoms with Crippen molar-refractivity contribution >= 4 is 11.6 Å². The van der Waals surface area contributed by atoms with Crippen molar-refractivity contribution in [1.29, 1.82) is 0 Å². The van der Waals surface area contributed by atoms with Crippen LogP contribution in [0.1, 0.15) is 48.0 Å². The van der Waals surface area contributed by atoms with Gasteiger partial charge in [-0.2, -0.15) is 0 Å². The number of rotatable bonds is 4. The molecule has 2 aliphatic rings. The van der Waals surface area contributed by atoms with Crippen LogP contribution >= 0.6 is 0 Å². The van der Waals surface area contributed by atoms with Crippen molar-refractivity contribution in [2.24, 2.45) is 5.92 Å². The molecule has 2 aromatic rings. The molecule has 0 radical (unpaired) electrons. The molecule has 2 heterocycles. The molecule has 27 heavy (non-hydrogen) atoms. The van der Waals surface area contributed by atoms with Gasteiger partial charge in [-0.3, -0.25) is 4.79 Å². The van der Waals surface area contributed by atoms with Gasteiger partial charge in [0.2, 0.25) is 0 Å². The number of amides is 1. The minimum atomic E-state index is 0.193. The van der Waals surface area contributed by atoms with Gasteiger partial charge in [0.25, 0.3) is 5.91 Å². The number of piperidine rings is 2. The van der Waals surface area contributed by atoms with E-state index in [0.717, 1.165) is 51.0 Å². The first kappa shape index (κ1) is 18.1. The maximum Gasteiger partial charge on any atom is 0.253 e. The Balaban J connectivity index is 1.31. The topological polar surface area (TPSA) is 23.6 Å². The van der Waals surface area contributed by atoms with Gasteiger partial charge in [-0.15, -0.1) is 0 Å². The average molecular weight is 363 g/mol. The SMILES string of the molecule is O=C(c1ccc(N2CCCCC2)cc1)N1CCC(Cc2ccccc2)CC1. The summed E-state index contributed by atoms with van der Waals surface area (Å²) in [5.41, 5.74) is 3.50. The van der Waals surface area contributed by atoms with Crippen LogP contribution in [-0.2, 0) is 6.42 Å². The number of hydrogen-bond acceptors (Lipinski definition) is 2. The highest BCUT2D eigenvalue weighted by Crippen LogP contribution is 2.24. The molecule has 2 fully saturated rings. The van der Waals surface area contributed by atoms with Crippen molar-refractivity contribution in [2.45, 2.75) is 38.5 Å². The van der Waals surface area contributed by atoms with E-state index in [1.165, 1.54) is 30.5 Å². The van der Waals surface area contributed by atoms with Crippen molar-refractivity contribution < 1.29 is 4.79 Å². The Morgan fingerprint density at radius 1 is 0.815 bits per heavy atom. The molecule has 0 aromatic heterocycles. The molecular weight excluding hydrogens is 332 g/mol. The van der Waals surface area contributed by atoms with E-state index < -0.39 is 0 Å². The second-order valence-electron chi connectivity index (χ2n) is 8.02. The van der Waals surface area contributed by atoms with E-state index in [1.807, 2.05) is 17.0 Å². The van der Waals surface area contributed by atoms with Gasteiger partial charge in [-0.1, -0.05) is 30.3 Å². The fraction of sp³-hybridized carbons (Fsp3) is 0.458. The van der Waals surface area contributed by atoms with Crippen LogP contribution < -0.4 is 4.90 Å². The molecule has 4 rings (SSSR count). The lowest BCUT2D eigenvalue weighted by atomic mass is 9.90. The van der Waals surface area contributed by atoms with Crippen LogP contribution in [0.5, 0.6) is 0 Å². The Labute approximate surface area is 163 Å². The molecule has 0 saturated carbocycles. The van der Waals surface area contributed by atoms with Crippen LogP contribution in [0.2, 0.25) is 0 Å². The second-order valence-corrected chi connectivity index (χ2v) is 8.02. The molecule has 142 valence electrons. The average Bonchev–Trinajstić information content (AvgIpc) is 2.75. The molecule has 0 bridgehead atoms. The minimum absolute atomic E-state index is 0.193. The monoisotopic (exact) mass is 362 g/mol. The fourth-order valence-electron chi connectivity index (χ4n) is 4.44. The molecular formula is C24H30N2O. The van der Waals surface area contributed by atoms with E-state index in [0.29, 0.717) is 5.92 Å². The van der Waals surface area contributed by atoms with E-state index in [1.54, 1.807) is 0 Å². The molecule has 0 spiro atoms. The van der Waals surface area contributed by atoms with Crippen molar-refractivity contribution in [3.8, 4) is 0 Å². The third-order valence-corrected chi connectivity index (χ3v) is 6.10. The Morgan fingerprint density at radius 2 is 1.48 bits per heavy atom. The van der Waals surface area contributed by atoms with E-state index in [4.69, 9.17) is 0 Å². The largest absolute Gasteiger partial charge is 0.372 e. The highest BCUT2D eigenvalue weighted by atomic mass is 16.2. The molecule has 0 unspecified atom stereocenters. The van der Waals surface area contributed by atoms with E-state index in [9.17, 15) is 4.79 Å². The third kappa shape index (κ3) is 4.52. The van der Waals surface area contributed by atoms with Crippen LogP contribution in [0.25, 0.3) is 0 Å². The zero-order chi connectivity index (χ0) is 18.5. The summed E-state index contributed by atoms with van der Waals surface area (Å²) in [5, 5.41) is 0. The zero-order valence-electron chi connectivity index (χ0n) is 16.1. The van der Waals surface area contributed by atoms with Crippen LogP contribution in [0.3, 0.4) is 0 Å². The normalized spacial score (nSPS) is 18.5. The lowest BCUT2D eigenvalue weighted by molar-refractivity contribution is 0.0690. The number of likely N-dealkylation sites (tertiary alicyclic amines) is 1. The highest BCUT2D eigenvalue weighted by molar-refractivity contribution is 5.94. The molecule has 0 N–H and O–H groups in total. The van der Waals surface area contributed by atoms with Crippen molar-refractivity contribution in [3.63, 3.8) is 0 Å². The van der Waals surface area contributed by atoms with Crippen molar-refractivity contribution in [3.05, 3.63) is 65.7 Å². The number of carbonyl (C=O) groups excluding carboxylic acids is 1. The number of nitrogens with zero attached hydrogens (tertiary/aromatic N) is 2. The predicted octanol–water partition coefficient (Wildman–Crippen LogP) is 4.77. The summed E-state index contributed by atoms with van der Waals surface area (Å²) >= 11 is 0. The van der Waals surface area contributed by atoms with Crippen molar-refractivity contribution in [1.82, 2.24) is 4.90 Å². The highest BCUT2D eigenvalue weighted by Gasteiger charge is 2.24. The smallest absolute Gasteiger partial charge is 0.253 e. The Bertz CT molecular complexity index is 727. The van der Waals surface area contributed by atoms with Crippen molar-refractivity contribution in [2.75, 3.05) is 31.1 Å². The first-order valence-corrected chi connectivity index (χ1v) is 10.5. The third-order valence-electron chi connectivity index (χ3n) is 6.10. The van der Waals surface area contributed by atoms with Gasteiger partial charge < -0.3 is 9.80 Å². The van der Waals surface area contributed by atoms with Gasteiger partial charge in [0, 0.05) is 37.4 Å². The Morgan fingerprint density at radius 3 is 2.15 bits per heavy atom. The van der Waals surface area contributed by atoms with Gasteiger partial charge >= 0.3 is 0 Å². The van der Waals surface area contributed by atoms with Gasteiger partial charge in [-0.25, -0.2) is 0 Å². The van der Waals surface area contributed by atoms with E-state index in [2.05, 4.69) is 47.4 Å². The maximum absolute atomic E-state index is 12.9. The van der Waals surface area contributed by atoms with Crippen LogP contribution in [0, 0.1) is 5.92 Å². The molecule has 3 nitrogen and oxygen atoms in total. The summed E-state index contributed by atoms with van der Waals surface area (Å²) in [5.74, 6) is 0.885. The number of benzene rings is 2. The number of anilines is 1. The van der Waals surface area contributed by atoms with E-state index >= 15 is 0 Å². The summed E-state index contributed by atoms with van der Waals surface area (Å²) in [7, 11) is 0. The summed E-state index contributed by atoms with van der Waals surface area (Å²) in [4.78, 5) is 17.3. The first-order valence-electron chi connectivity index (χ1n) is 10.5. The van der Waals surface area contributed by atoms with Gasteiger partial charge in [0.15, 0.2) is 0 Å². The van der Waals surface area contributed by atoms with Crippen LogP contribution in [0.15, 0.2) is 54.6 Å². The first-order chi connectivity index (χ1) is 13.3. The second kappa shape index (κ2) is 8.60.